The molecule has 0 N–H and O–H groups in total. The van der Waals surface area contributed by atoms with E-state index in [2.05, 4.69) is 53.4 Å². The predicted octanol–water partition coefficient (Wildman–Crippen LogP) is 4.32. The molecule has 2 fully saturated rings. The lowest BCUT2D eigenvalue weighted by Gasteiger charge is -2.45. The molecule has 1 aliphatic carbocycles. The van der Waals surface area contributed by atoms with Crippen LogP contribution in [0.4, 0.5) is 0 Å². The van der Waals surface area contributed by atoms with Gasteiger partial charge in [-0.2, -0.15) is 0 Å². The second-order valence-electron chi connectivity index (χ2n) is 8.99. The molecule has 0 aromatic heterocycles. The Morgan fingerprint density at radius 1 is 1.06 bits per heavy atom. The topological polar surface area (TPSA) is 3.24 Å². The van der Waals surface area contributed by atoms with Crippen LogP contribution >= 0.6 is 0 Å². The monoisotopic (exact) mass is 237 g/mol. The summed E-state index contributed by atoms with van der Waals surface area (Å²) in [5.74, 6) is 0.894. The van der Waals surface area contributed by atoms with Gasteiger partial charge in [0.2, 0.25) is 0 Å². The first kappa shape index (κ1) is 13.4. The zero-order valence-corrected chi connectivity index (χ0v) is 12.9. The summed E-state index contributed by atoms with van der Waals surface area (Å²) in [5, 5.41) is 0. The van der Waals surface area contributed by atoms with E-state index in [1.807, 2.05) is 0 Å². The number of fused-ring (bicyclic) bond motifs is 2. The van der Waals surface area contributed by atoms with Crippen LogP contribution in [-0.4, -0.2) is 23.0 Å². The van der Waals surface area contributed by atoms with Gasteiger partial charge in [0, 0.05) is 18.1 Å². The highest BCUT2D eigenvalue weighted by atomic mass is 15.3. The van der Waals surface area contributed by atoms with Gasteiger partial charge in [-0.15, -0.1) is 0 Å². The Bertz CT molecular complexity index is 294. The molecule has 2 aliphatic rings. The Labute approximate surface area is 108 Å². The zero-order chi connectivity index (χ0) is 13.1. The second-order valence-corrected chi connectivity index (χ2v) is 8.99. The summed E-state index contributed by atoms with van der Waals surface area (Å²) < 4.78 is 0. The Hall–Kier alpha value is -0.0400. The molecule has 1 aliphatic heterocycles. The summed E-state index contributed by atoms with van der Waals surface area (Å²) in [6.07, 6.45) is 4.30. The van der Waals surface area contributed by atoms with Gasteiger partial charge in [-0.3, -0.25) is 4.90 Å². The number of piperidine rings is 1. The van der Waals surface area contributed by atoms with Crippen molar-refractivity contribution < 1.29 is 0 Å². The molecule has 0 unspecified atom stereocenters. The smallest absolute Gasteiger partial charge is 0.0132 e. The molecule has 0 spiro atoms. The van der Waals surface area contributed by atoms with Crippen molar-refractivity contribution in [3.05, 3.63) is 0 Å². The first-order chi connectivity index (χ1) is 7.53. The van der Waals surface area contributed by atoms with E-state index in [9.17, 15) is 0 Å². The van der Waals surface area contributed by atoms with Gasteiger partial charge < -0.3 is 0 Å². The fourth-order valence-corrected chi connectivity index (χ4v) is 4.63. The minimum atomic E-state index is 0.346. The first-order valence-electron chi connectivity index (χ1n) is 7.29. The van der Waals surface area contributed by atoms with Crippen LogP contribution in [0.1, 0.15) is 67.7 Å². The van der Waals surface area contributed by atoms with Gasteiger partial charge in [0.15, 0.2) is 0 Å². The van der Waals surface area contributed by atoms with E-state index >= 15 is 0 Å². The minimum Gasteiger partial charge on any atom is -0.295 e. The summed E-state index contributed by atoms with van der Waals surface area (Å²) in [4.78, 5) is 2.78. The van der Waals surface area contributed by atoms with Crippen molar-refractivity contribution in [1.29, 1.82) is 0 Å². The molecule has 2 bridgehead atoms. The van der Waals surface area contributed by atoms with Crippen molar-refractivity contribution in [1.82, 2.24) is 4.90 Å². The van der Waals surface area contributed by atoms with Crippen LogP contribution in [0.3, 0.4) is 0 Å². The average Bonchev–Trinajstić information content (AvgIpc) is 2.51. The van der Waals surface area contributed by atoms with Crippen LogP contribution in [0.15, 0.2) is 0 Å². The molecule has 0 aromatic carbocycles. The third-order valence-electron chi connectivity index (χ3n) is 4.73. The van der Waals surface area contributed by atoms with E-state index in [4.69, 9.17) is 0 Å². The molecule has 1 saturated heterocycles. The summed E-state index contributed by atoms with van der Waals surface area (Å²) >= 11 is 0. The van der Waals surface area contributed by atoms with Gasteiger partial charge in [0.1, 0.15) is 0 Å². The lowest BCUT2D eigenvalue weighted by atomic mass is 9.72. The molecule has 1 heteroatoms. The van der Waals surface area contributed by atoms with Crippen molar-refractivity contribution in [2.75, 3.05) is 6.54 Å². The molecule has 0 radical (unpaired) electrons. The van der Waals surface area contributed by atoms with Crippen molar-refractivity contribution in [2.24, 2.45) is 16.7 Å². The van der Waals surface area contributed by atoms with Crippen LogP contribution in [-0.2, 0) is 0 Å². The quantitative estimate of drug-likeness (QED) is 0.656. The van der Waals surface area contributed by atoms with Crippen LogP contribution in [0.5, 0.6) is 0 Å². The summed E-state index contributed by atoms with van der Waals surface area (Å²) in [6.45, 7) is 18.1. The van der Waals surface area contributed by atoms with Gasteiger partial charge in [-0.1, -0.05) is 27.7 Å². The lowest BCUT2D eigenvalue weighted by Crippen LogP contribution is -2.50. The minimum absolute atomic E-state index is 0.346. The number of likely N-dealkylation sites (tertiary alicyclic amines) is 1. The Kier molecular flexibility index (Phi) is 2.94. The molecule has 1 nitrogen and oxygen atoms in total. The molecule has 0 aromatic rings. The van der Waals surface area contributed by atoms with Crippen molar-refractivity contribution in [3.8, 4) is 0 Å². The van der Waals surface area contributed by atoms with E-state index in [1.165, 1.54) is 25.8 Å². The van der Waals surface area contributed by atoms with Gasteiger partial charge in [-0.25, -0.2) is 0 Å². The molecule has 1 saturated carbocycles. The normalized spacial score (nSPS) is 39.0. The third-order valence-corrected chi connectivity index (χ3v) is 4.73. The Balaban J connectivity index is 2.18. The molecular weight excluding hydrogens is 206 g/mol. The van der Waals surface area contributed by atoms with E-state index < -0.39 is 0 Å². The van der Waals surface area contributed by atoms with Crippen LogP contribution in [0.25, 0.3) is 0 Å². The van der Waals surface area contributed by atoms with E-state index in [0.717, 1.165) is 12.0 Å². The maximum Gasteiger partial charge on any atom is 0.0132 e. The first-order valence-corrected chi connectivity index (χ1v) is 7.29. The standard InChI is InChI=1S/C16H31N/c1-12-8-16(10-14(2,3)4)9-13(12)17(11-16)15(5,6)7/h12-13H,8-11H2,1-7H3/t12-,13-,16-/m1/s1. The second kappa shape index (κ2) is 3.73. The number of rotatable bonds is 1. The highest BCUT2D eigenvalue weighted by Gasteiger charge is 2.55. The maximum absolute atomic E-state index is 2.78. The van der Waals surface area contributed by atoms with E-state index in [1.54, 1.807) is 0 Å². The number of hydrogen-bond acceptors (Lipinski definition) is 1. The van der Waals surface area contributed by atoms with Gasteiger partial charge >= 0.3 is 0 Å². The van der Waals surface area contributed by atoms with Crippen molar-refractivity contribution in [3.63, 3.8) is 0 Å². The highest BCUT2D eigenvalue weighted by molar-refractivity contribution is 5.09. The van der Waals surface area contributed by atoms with Crippen LogP contribution in [0, 0.1) is 16.7 Å². The summed E-state index contributed by atoms with van der Waals surface area (Å²) in [5.41, 5.74) is 1.44. The average molecular weight is 237 g/mol. The van der Waals surface area contributed by atoms with E-state index in [-0.39, 0.29) is 0 Å². The molecule has 3 atom stereocenters. The Morgan fingerprint density at radius 3 is 2.06 bits per heavy atom. The van der Waals surface area contributed by atoms with E-state index in [0.29, 0.717) is 16.4 Å². The van der Waals surface area contributed by atoms with Crippen LogP contribution in [0.2, 0.25) is 0 Å². The highest BCUT2D eigenvalue weighted by Crippen LogP contribution is 2.57. The Morgan fingerprint density at radius 2 is 1.65 bits per heavy atom. The van der Waals surface area contributed by atoms with Crippen LogP contribution < -0.4 is 0 Å². The molecule has 1 heterocycles. The predicted molar refractivity (Wildman–Crippen MR) is 75.2 cm³/mol. The maximum atomic E-state index is 2.78. The molecular formula is C16H31N. The fraction of sp³-hybridized carbons (Fsp3) is 1.00. The van der Waals surface area contributed by atoms with Gasteiger partial charge in [0.05, 0.1) is 0 Å². The number of hydrogen-bond donors (Lipinski definition) is 0. The number of nitrogens with zero attached hydrogens (tertiary/aromatic N) is 1. The third kappa shape index (κ3) is 2.54. The summed E-state index contributed by atoms with van der Waals surface area (Å²) in [7, 11) is 0. The van der Waals surface area contributed by atoms with Gasteiger partial charge in [-0.05, 0) is 56.8 Å². The molecule has 2 rings (SSSR count). The molecule has 100 valence electrons. The SMILES string of the molecule is C[C@@H]1C[C@]2(CC(C)(C)C)C[C@H]1N(C(C)(C)C)C2. The molecule has 0 amide bonds. The van der Waals surface area contributed by atoms with Crippen molar-refractivity contribution >= 4 is 0 Å². The zero-order valence-electron chi connectivity index (χ0n) is 12.9. The molecule has 17 heavy (non-hydrogen) atoms. The largest absolute Gasteiger partial charge is 0.295 e. The fourth-order valence-electron chi connectivity index (χ4n) is 4.63. The van der Waals surface area contributed by atoms with Crippen molar-refractivity contribution in [2.45, 2.75) is 79.3 Å². The van der Waals surface area contributed by atoms with Gasteiger partial charge in [0.25, 0.3) is 0 Å². The summed E-state index contributed by atoms with van der Waals surface area (Å²) in [6, 6.07) is 0.845. The lowest BCUT2D eigenvalue weighted by molar-refractivity contribution is 0.0364.